The van der Waals surface area contributed by atoms with Gasteiger partial charge < -0.3 is 5.32 Å². The molecule has 4 rings (SSSR count). The molecule has 4 aromatic rings. The van der Waals surface area contributed by atoms with E-state index in [1.165, 1.54) is 35.2 Å². The number of hydrogen-bond acceptors (Lipinski definition) is 5. The quantitative estimate of drug-likeness (QED) is 0.521. The van der Waals surface area contributed by atoms with Gasteiger partial charge in [0.1, 0.15) is 5.82 Å². The summed E-state index contributed by atoms with van der Waals surface area (Å²) in [6.45, 7) is 0. The molecular formula is C18H13FN4OS2. The first kappa shape index (κ1) is 16.7. The highest BCUT2D eigenvalue weighted by Crippen LogP contribution is 2.30. The van der Waals surface area contributed by atoms with E-state index in [9.17, 15) is 9.18 Å². The van der Waals surface area contributed by atoms with Crippen molar-refractivity contribution < 1.29 is 9.18 Å². The number of thioether (sulfide) groups is 1. The number of para-hydroxylation sites is 1. The fraction of sp³-hybridized carbons (Fsp3) is 0.0556. The number of amides is 1. The van der Waals surface area contributed by atoms with Gasteiger partial charge in [-0.2, -0.15) is 0 Å². The van der Waals surface area contributed by atoms with Crippen LogP contribution in [0.5, 0.6) is 0 Å². The molecule has 0 saturated carbocycles. The lowest BCUT2D eigenvalue weighted by Crippen LogP contribution is -2.14. The maximum Gasteiger partial charge on any atom is 0.234 e. The van der Waals surface area contributed by atoms with Crippen molar-refractivity contribution in [2.45, 2.75) is 5.16 Å². The predicted octanol–water partition coefficient (Wildman–Crippen LogP) is 4.33. The molecule has 0 unspecified atom stereocenters. The van der Waals surface area contributed by atoms with Crippen molar-refractivity contribution in [3.8, 4) is 11.3 Å². The zero-order chi connectivity index (χ0) is 17.9. The molecule has 0 fully saturated rings. The molecule has 130 valence electrons. The first-order valence-electron chi connectivity index (χ1n) is 7.77. The highest BCUT2D eigenvalue weighted by atomic mass is 32.2. The van der Waals surface area contributed by atoms with Crippen LogP contribution in [0.15, 0.2) is 65.1 Å². The molecule has 0 saturated heterocycles. The first-order valence-corrected chi connectivity index (χ1v) is 9.63. The van der Waals surface area contributed by atoms with E-state index >= 15 is 0 Å². The molecule has 0 atom stereocenters. The fourth-order valence-electron chi connectivity index (χ4n) is 2.46. The largest absolute Gasteiger partial charge is 0.325 e. The topological polar surface area (TPSA) is 59.3 Å². The van der Waals surface area contributed by atoms with Crippen LogP contribution >= 0.6 is 23.1 Å². The minimum absolute atomic E-state index is 0.114. The van der Waals surface area contributed by atoms with Crippen molar-refractivity contribution in [3.05, 3.63) is 65.8 Å². The summed E-state index contributed by atoms with van der Waals surface area (Å²) in [5.74, 6) is -0.179. The van der Waals surface area contributed by atoms with Crippen LogP contribution in [0.3, 0.4) is 0 Å². The lowest BCUT2D eigenvalue weighted by atomic mass is 10.2. The van der Waals surface area contributed by atoms with Gasteiger partial charge in [-0.25, -0.2) is 4.39 Å². The van der Waals surface area contributed by atoms with Crippen LogP contribution in [0.1, 0.15) is 0 Å². The van der Waals surface area contributed by atoms with E-state index in [1.807, 2.05) is 40.1 Å². The molecule has 0 bridgehead atoms. The summed E-state index contributed by atoms with van der Waals surface area (Å²) in [7, 11) is 0. The third-order valence-electron chi connectivity index (χ3n) is 3.65. The standard InChI is InChI=1S/C18H13FN4OS2/c19-13-8-6-12(7-9-13)15-10-25-17-21-22-18(23(15)17)26-11-16(24)20-14-4-2-1-3-5-14/h1-10H,11H2,(H,20,24). The number of rotatable bonds is 5. The smallest absolute Gasteiger partial charge is 0.234 e. The van der Waals surface area contributed by atoms with Gasteiger partial charge in [-0.15, -0.1) is 21.5 Å². The number of aromatic nitrogens is 3. The number of benzene rings is 2. The van der Waals surface area contributed by atoms with Gasteiger partial charge in [-0.05, 0) is 42.0 Å². The van der Waals surface area contributed by atoms with E-state index in [0.29, 0.717) is 5.16 Å². The summed E-state index contributed by atoms with van der Waals surface area (Å²) in [6, 6.07) is 15.6. The average Bonchev–Trinajstić information content (AvgIpc) is 3.24. The van der Waals surface area contributed by atoms with Gasteiger partial charge in [0, 0.05) is 11.1 Å². The number of halogens is 1. The Balaban J connectivity index is 1.53. The second-order valence-corrected chi connectivity index (χ2v) is 7.21. The van der Waals surface area contributed by atoms with Crippen molar-refractivity contribution in [1.29, 1.82) is 0 Å². The van der Waals surface area contributed by atoms with Gasteiger partial charge in [0.05, 0.1) is 11.4 Å². The lowest BCUT2D eigenvalue weighted by molar-refractivity contribution is -0.113. The number of carbonyl (C=O) groups excluding carboxylic acids is 1. The van der Waals surface area contributed by atoms with Gasteiger partial charge in [0.15, 0.2) is 5.16 Å². The summed E-state index contributed by atoms with van der Waals surface area (Å²) in [5, 5.41) is 13.7. The number of nitrogens with one attached hydrogen (secondary N) is 1. The fourth-order valence-corrected chi connectivity index (χ4v) is 4.10. The predicted molar refractivity (Wildman–Crippen MR) is 102 cm³/mol. The van der Waals surface area contributed by atoms with Crippen LogP contribution in [-0.2, 0) is 4.79 Å². The van der Waals surface area contributed by atoms with E-state index in [2.05, 4.69) is 15.5 Å². The summed E-state index contributed by atoms with van der Waals surface area (Å²) < 4.78 is 15.1. The Labute approximate surface area is 156 Å². The van der Waals surface area contributed by atoms with Crippen LogP contribution in [0.4, 0.5) is 10.1 Å². The summed E-state index contributed by atoms with van der Waals surface area (Å²) in [6.07, 6.45) is 0. The molecule has 2 heterocycles. The molecule has 2 aromatic heterocycles. The number of thiazole rings is 1. The molecule has 1 N–H and O–H groups in total. The van der Waals surface area contributed by atoms with Gasteiger partial charge >= 0.3 is 0 Å². The number of fused-ring (bicyclic) bond motifs is 1. The van der Waals surface area contributed by atoms with E-state index in [-0.39, 0.29) is 17.5 Å². The van der Waals surface area contributed by atoms with Crippen molar-refractivity contribution in [3.63, 3.8) is 0 Å². The maximum absolute atomic E-state index is 13.2. The molecule has 5 nitrogen and oxygen atoms in total. The minimum atomic E-state index is -0.281. The zero-order valence-electron chi connectivity index (χ0n) is 13.4. The zero-order valence-corrected chi connectivity index (χ0v) is 15.1. The Bertz CT molecular complexity index is 1040. The molecular weight excluding hydrogens is 371 g/mol. The van der Waals surface area contributed by atoms with Gasteiger partial charge in [0.2, 0.25) is 10.9 Å². The van der Waals surface area contributed by atoms with Crippen LogP contribution in [0, 0.1) is 5.82 Å². The van der Waals surface area contributed by atoms with Crippen LogP contribution in [-0.4, -0.2) is 26.3 Å². The third-order valence-corrected chi connectivity index (χ3v) is 5.40. The van der Waals surface area contributed by atoms with Crippen molar-refractivity contribution >= 4 is 39.7 Å². The van der Waals surface area contributed by atoms with Crippen LogP contribution in [0.25, 0.3) is 16.2 Å². The summed E-state index contributed by atoms with van der Waals surface area (Å²) in [5.41, 5.74) is 2.50. The number of anilines is 1. The molecule has 8 heteroatoms. The highest BCUT2D eigenvalue weighted by Gasteiger charge is 2.15. The first-order chi connectivity index (χ1) is 12.7. The van der Waals surface area contributed by atoms with Crippen molar-refractivity contribution in [1.82, 2.24) is 14.6 Å². The Morgan fingerprint density at radius 1 is 1.12 bits per heavy atom. The monoisotopic (exact) mass is 384 g/mol. The minimum Gasteiger partial charge on any atom is -0.325 e. The van der Waals surface area contributed by atoms with Crippen molar-refractivity contribution in [2.24, 2.45) is 0 Å². The molecule has 0 aliphatic rings. The Kier molecular flexibility index (Phi) is 4.68. The number of nitrogens with zero attached hydrogens (tertiary/aromatic N) is 3. The number of carbonyl (C=O) groups is 1. The van der Waals surface area contributed by atoms with Gasteiger partial charge in [-0.1, -0.05) is 30.0 Å². The second kappa shape index (κ2) is 7.27. The second-order valence-electron chi connectivity index (χ2n) is 5.43. The van der Waals surface area contributed by atoms with Crippen molar-refractivity contribution in [2.75, 3.05) is 11.1 Å². The van der Waals surface area contributed by atoms with E-state index in [4.69, 9.17) is 0 Å². The van der Waals surface area contributed by atoms with Gasteiger partial charge in [0.25, 0.3) is 0 Å². The third kappa shape index (κ3) is 3.47. The summed E-state index contributed by atoms with van der Waals surface area (Å²) in [4.78, 5) is 12.9. The lowest BCUT2D eigenvalue weighted by Gasteiger charge is -2.05. The number of hydrogen-bond donors (Lipinski definition) is 1. The molecule has 26 heavy (non-hydrogen) atoms. The Morgan fingerprint density at radius 2 is 1.88 bits per heavy atom. The average molecular weight is 384 g/mol. The maximum atomic E-state index is 13.2. The normalized spacial score (nSPS) is 11.0. The Morgan fingerprint density at radius 3 is 2.65 bits per heavy atom. The molecule has 2 aromatic carbocycles. The Hall–Kier alpha value is -2.71. The van der Waals surface area contributed by atoms with E-state index < -0.39 is 0 Å². The van der Waals surface area contributed by atoms with E-state index in [1.54, 1.807) is 12.1 Å². The molecule has 0 spiro atoms. The van der Waals surface area contributed by atoms with Gasteiger partial charge in [-0.3, -0.25) is 9.20 Å². The highest BCUT2D eigenvalue weighted by molar-refractivity contribution is 7.99. The summed E-state index contributed by atoms with van der Waals surface area (Å²) >= 11 is 2.76. The van der Waals surface area contributed by atoms with Crippen LogP contribution < -0.4 is 5.32 Å². The molecule has 0 aliphatic carbocycles. The van der Waals surface area contributed by atoms with E-state index in [0.717, 1.165) is 21.9 Å². The SMILES string of the molecule is O=C(CSc1nnc2scc(-c3ccc(F)cc3)n12)Nc1ccccc1. The molecule has 1 amide bonds. The van der Waals surface area contributed by atoms with Crippen LogP contribution in [0.2, 0.25) is 0 Å². The molecule has 0 radical (unpaired) electrons. The molecule has 0 aliphatic heterocycles.